The van der Waals surface area contributed by atoms with Gasteiger partial charge in [-0.15, -0.1) is 0 Å². The van der Waals surface area contributed by atoms with Crippen LogP contribution in [-0.2, 0) is 41.6 Å². The highest BCUT2D eigenvalue weighted by Crippen LogP contribution is 2.12. The fraction of sp³-hybridized carbons (Fsp3) is 0.308. The molecule has 0 spiro atoms. The number of hydrogen-bond acceptors (Lipinski definition) is 8. The summed E-state index contributed by atoms with van der Waals surface area (Å²) in [6.45, 7) is 0. The third kappa shape index (κ3) is 10.4. The number of benzene rings is 2. The second-order valence-corrected chi connectivity index (χ2v) is 8.88. The highest BCUT2D eigenvalue weighted by molar-refractivity contribution is 5.96. The van der Waals surface area contributed by atoms with Crippen molar-refractivity contribution >= 4 is 35.6 Å². The smallest absolute Gasteiger partial charge is 0.326 e. The molecule has 214 valence electrons. The van der Waals surface area contributed by atoms with Gasteiger partial charge < -0.3 is 42.1 Å². The molecule has 0 aliphatic carbocycles. The van der Waals surface area contributed by atoms with Gasteiger partial charge in [-0.05, 0) is 23.3 Å². The van der Waals surface area contributed by atoms with Gasteiger partial charge in [-0.2, -0.15) is 0 Å². The standard InChI is InChI=1S/C26H30N4O10/c27-17(12-21(32)33)23(36)28-19(13-22(34)35)25(38)29-18(10-14-4-2-1-3-5-14)24(37)30-20(26(39)40)11-15-6-8-16(31)9-7-15/h1-9,17-20,31H,10-13,27H2,(H,28,36)(H,29,38)(H,30,37)(H,32,33)(H,34,35)(H,39,40). The molecule has 0 aliphatic rings. The Morgan fingerprint density at radius 3 is 1.65 bits per heavy atom. The molecule has 0 aromatic heterocycles. The van der Waals surface area contributed by atoms with Crippen LogP contribution in [0.25, 0.3) is 0 Å². The number of hydrogen-bond donors (Lipinski definition) is 8. The lowest BCUT2D eigenvalue weighted by molar-refractivity contribution is -0.143. The van der Waals surface area contributed by atoms with Crippen molar-refractivity contribution in [3.8, 4) is 5.75 Å². The van der Waals surface area contributed by atoms with Crippen molar-refractivity contribution in [1.29, 1.82) is 0 Å². The molecule has 4 unspecified atom stereocenters. The Balaban J connectivity index is 2.26. The van der Waals surface area contributed by atoms with Crippen LogP contribution >= 0.6 is 0 Å². The molecule has 0 radical (unpaired) electrons. The van der Waals surface area contributed by atoms with Gasteiger partial charge in [-0.25, -0.2) is 4.79 Å². The van der Waals surface area contributed by atoms with E-state index in [1.807, 2.05) is 0 Å². The van der Waals surface area contributed by atoms with Gasteiger partial charge in [0.2, 0.25) is 17.7 Å². The Morgan fingerprint density at radius 2 is 1.10 bits per heavy atom. The molecule has 0 saturated heterocycles. The molecule has 4 atom stereocenters. The van der Waals surface area contributed by atoms with Gasteiger partial charge in [-0.1, -0.05) is 42.5 Å². The molecule has 0 saturated carbocycles. The van der Waals surface area contributed by atoms with E-state index in [1.165, 1.54) is 24.3 Å². The molecule has 2 rings (SSSR count). The van der Waals surface area contributed by atoms with E-state index in [0.717, 1.165) is 0 Å². The molecule has 0 fully saturated rings. The van der Waals surface area contributed by atoms with Crippen LogP contribution < -0.4 is 21.7 Å². The van der Waals surface area contributed by atoms with Crippen LogP contribution in [0.3, 0.4) is 0 Å². The fourth-order valence-corrected chi connectivity index (χ4v) is 3.61. The van der Waals surface area contributed by atoms with E-state index in [4.69, 9.17) is 10.8 Å². The molecule has 2 aromatic carbocycles. The minimum Gasteiger partial charge on any atom is -0.508 e. The van der Waals surface area contributed by atoms with Gasteiger partial charge in [0.15, 0.2) is 0 Å². The number of rotatable bonds is 15. The zero-order valence-electron chi connectivity index (χ0n) is 21.1. The molecule has 40 heavy (non-hydrogen) atoms. The van der Waals surface area contributed by atoms with Gasteiger partial charge in [0.1, 0.15) is 23.9 Å². The van der Waals surface area contributed by atoms with Crippen molar-refractivity contribution in [2.45, 2.75) is 49.9 Å². The average molecular weight is 559 g/mol. The number of phenols is 1. The van der Waals surface area contributed by atoms with Crippen LogP contribution in [0.4, 0.5) is 0 Å². The van der Waals surface area contributed by atoms with Gasteiger partial charge in [0.25, 0.3) is 0 Å². The molecule has 0 aliphatic heterocycles. The monoisotopic (exact) mass is 558 g/mol. The van der Waals surface area contributed by atoms with Crippen LogP contribution in [0, 0.1) is 0 Å². The summed E-state index contributed by atoms with van der Waals surface area (Å²) >= 11 is 0. The Kier molecular flexibility index (Phi) is 11.6. The van der Waals surface area contributed by atoms with Gasteiger partial charge in [0.05, 0.1) is 18.9 Å². The number of nitrogens with one attached hydrogen (secondary N) is 3. The quantitative estimate of drug-likeness (QED) is 0.132. The van der Waals surface area contributed by atoms with Crippen molar-refractivity contribution < 1.29 is 49.2 Å². The highest BCUT2D eigenvalue weighted by Gasteiger charge is 2.32. The van der Waals surface area contributed by atoms with Crippen LogP contribution in [0.15, 0.2) is 54.6 Å². The first kappa shape index (κ1) is 31.2. The second-order valence-electron chi connectivity index (χ2n) is 8.88. The van der Waals surface area contributed by atoms with Crippen molar-refractivity contribution in [2.75, 3.05) is 0 Å². The maximum Gasteiger partial charge on any atom is 0.326 e. The van der Waals surface area contributed by atoms with Gasteiger partial charge in [0, 0.05) is 12.8 Å². The number of aliphatic carboxylic acids is 3. The fourth-order valence-electron chi connectivity index (χ4n) is 3.61. The third-order valence-electron chi connectivity index (χ3n) is 5.65. The minimum atomic E-state index is -1.72. The first-order chi connectivity index (χ1) is 18.8. The number of carbonyl (C=O) groups is 6. The van der Waals surface area contributed by atoms with Crippen LogP contribution in [-0.4, -0.2) is 80.2 Å². The van der Waals surface area contributed by atoms with Gasteiger partial charge in [-0.3, -0.25) is 24.0 Å². The number of carbonyl (C=O) groups excluding carboxylic acids is 3. The summed E-state index contributed by atoms with van der Waals surface area (Å²) in [6.07, 6.45) is -1.94. The SMILES string of the molecule is NC(CC(=O)O)C(=O)NC(CC(=O)O)C(=O)NC(Cc1ccccc1)C(=O)NC(Cc1ccc(O)cc1)C(=O)O. The highest BCUT2D eigenvalue weighted by atomic mass is 16.4. The molecule has 0 bridgehead atoms. The van der Waals surface area contributed by atoms with Crippen LogP contribution in [0.1, 0.15) is 24.0 Å². The number of phenolic OH excluding ortho intramolecular Hbond substituents is 1. The maximum absolute atomic E-state index is 13.2. The van der Waals surface area contributed by atoms with E-state index in [9.17, 15) is 44.1 Å². The number of amides is 3. The lowest BCUT2D eigenvalue weighted by Gasteiger charge is -2.25. The molecule has 2 aromatic rings. The van der Waals surface area contributed by atoms with Crippen LogP contribution in [0.5, 0.6) is 5.75 Å². The third-order valence-corrected chi connectivity index (χ3v) is 5.65. The predicted octanol–water partition coefficient (Wildman–Crippen LogP) is -1.01. The summed E-state index contributed by atoms with van der Waals surface area (Å²) in [5.41, 5.74) is 6.57. The molecule has 0 heterocycles. The number of aromatic hydroxyl groups is 1. The van der Waals surface area contributed by atoms with Crippen molar-refractivity contribution in [2.24, 2.45) is 5.73 Å². The normalized spacial score (nSPS) is 13.6. The maximum atomic E-state index is 13.2. The van der Waals surface area contributed by atoms with Crippen molar-refractivity contribution in [3.05, 3.63) is 65.7 Å². The zero-order chi connectivity index (χ0) is 29.8. The van der Waals surface area contributed by atoms with Crippen molar-refractivity contribution in [3.63, 3.8) is 0 Å². The van der Waals surface area contributed by atoms with E-state index >= 15 is 0 Å². The summed E-state index contributed by atoms with van der Waals surface area (Å²) in [7, 11) is 0. The summed E-state index contributed by atoms with van der Waals surface area (Å²) in [4.78, 5) is 72.6. The summed E-state index contributed by atoms with van der Waals surface area (Å²) < 4.78 is 0. The molecule has 14 heteroatoms. The molecular formula is C26H30N4O10. The first-order valence-corrected chi connectivity index (χ1v) is 12.0. The molecule has 3 amide bonds. The zero-order valence-corrected chi connectivity index (χ0v) is 21.1. The van der Waals surface area contributed by atoms with Crippen LogP contribution in [0.2, 0.25) is 0 Å². The van der Waals surface area contributed by atoms with E-state index in [2.05, 4.69) is 16.0 Å². The average Bonchev–Trinajstić information content (AvgIpc) is 2.88. The topological polar surface area (TPSA) is 245 Å². The number of nitrogens with two attached hydrogens (primary N) is 1. The summed E-state index contributed by atoms with van der Waals surface area (Å²) in [5.74, 6) is -7.33. The summed E-state index contributed by atoms with van der Waals surface area (Å²) in [5, 5.41) is 44.0. The Bertz CT molecular complexity index is 1220. The number of carboxylic acids is 3. The first-order valence-electron chi connectivity index (χ1n) is 12.0. The van der Waals surface area contributed by atoms with E-state index in [0.29, 0.717) is 11.1 Å². The molecular weight excluding hydrogens is 528 g/mol. The van der Waals surface area contributed by atoms with E-state index in [1.54, 1.807) is 30.3 Å². The Morgan fingerprint density at radius 1 is 0.625 bits per heavy atom. The predicted molar refractivity (Wildman–Crippen MR) is 138 cm³/mol. The molecule has 14 nitrogen and oxygen atoms in total. The minimum absolute atomic E-state index is 0.0304. The number of carboxylic acid groups (broad SMARTS) is 3. The Hall–Kier alpha value is -4.98. The van der Waals surface area contributed by atoms with E-state index in [-0.39, 0.29) is 18.6 Å². The molecule has 9 N–H and O–H groups in total. The Labute approximate surface area is 228 Å². The van der Waals surface area contributed by atoms with Crippen molar-refractivity contribution in [1.82, 2.24) is 16.0 Å². The lowest BCUT2D eigenvalue weighted by atomic mass is 10.0. The summed E-state index contributed by atoms with van der Waals surface area (Å²) in [6, 6.07) is 7.94. The second kappa shape index (κ2) is 14.8. The lowest BCUT2D eigenvalue weighted by Crippen LogP contribution is -2.58. The van der Waals surface area contributed by atoms with Gasteiger partial charge >= 0.3 is 17.9 Å². The van der Waals surface area contributed by atoms with E-state index < -0.39 is 72.6 Å². The largest absolute Gasteiger partial charge is 0.508 e.